The zero-order valence-corrected chi connectivity index (χ0v) is 11.1. The van der Waals surface area contributed by atoms with Crippen LogP contribution in [0, 0.1) is 0 Å². The van der Waals surface area contributed by atoms with Gasteiger partial charge in [0.05, 0.1) is 0 Å². The van der Waals surface area contributed by atoms with E-state index in [1.54, 1.807) is 6.33 Å². The van der Waals surface area contributed by atoms with Crippen LogP contribution in [0.5, 0.6) is 0 Å². The van der Waals surface area contributed by atoms with Gasteiger partial charge in [0, 0.05) is 42.7 Å². The van der Waals surface area contributed by atoms with Crippen LogP contribution in [0.4, 0.5) is 0 Å². The lowest BCUT2D eigenvalue weighted by Gasteiger charge is -2.06. The first-order chi connectivity index (χ1) is 9.75. The lowest BCUT2D eigenvalue weighted by atomic mass is 10.1. The average molecular weight is 269 g/mol. The van der Waals surface area contributed by atoms with Crippen molar-refractivity contribution in [2.45, 2.75) is 6.42 Å². The summed E-state index contributed by atoms with van der Waals surface area (Å²) in [5.41, 5.74) is 1.65. The summed E-state index contributed by atoms with van der Waals surface area (Å²) in [5.74, 6) is 0.780. The highest BCUT2D eigenvalue weighted by atomic mass is 16.1. The summed E-state index contributed by atoms with van der Waals surface area (Å²) in [5, 5.41) is 11.6. The Kier molecular flexibility index (Phi) is 3.20. The Bertz CT molecular complexity index is 743. The maximum atomic E-state index is 12.2. The van der Waals surface area contributed by atoms with Crippen LogP contribution in [-0.2, 0) is 13.5 Å². The number of H-pyrrole nitrogens is 1. The van der Waals surface area contributed by atoms with Crippen LogP contribution < -0.4 is 5.32 Å². The number of rotatable bonds is 4. The number of hydrogen-bond donors (Lipinski definition) is 2. The molecule has 0 fully saturated rings. The van der Waals surface area contributed by atoms with Gasteiger partial charge in [-0.2, -0.15) is 0 Å². The van der Waals surface area contributed by atoms with Gasteiger partial charge >= 0.3 is 0 Å². The van der Waals surface area contributed by atoms with E-state index in [9.17, 15) is 4.79 Å². The fraction of sp³-hybridized carbons (Fsp3) is 0.214. The van der Waals surface area contributed by atoms with E-state index in [2.05, 4.69) is 20.5 Å². The van der Waals surface area contributed by atoms with Crippen LogP contribution in [0.1, 0.15) is 16.2 Å². The normalized spacial score (nSPS) is 10.8. The fourth-order valence-electron chi connectivity index (χ4n) is 2.20. The van der Waals surface area contributed by atoms with Crippen molar-refractivity contribution in [3.63, 3.8) is 0 Å². The Labute approximate surface area is 115 Å². The van der Waals surface area contributed by atoms with Gasteiger partial charge in [-0.25, -0.2) is 0 Å². The summed E-state index contributed by atoms with van der Waals surface area (Å²) in [6.07, 6.45) is 4.14. The van der Waals surface area contributed by atoms with Crippen molar-refractivity contribution in [1.82, 2.24) is 25.1 Å². The molecule has 20 heavy (non-hydrogen) atoms. The molecule has 2 heterocycles. The second kappa shape index (κ2) is 5.16. The lowest BCUT2D eigenvalue weighted by molar-refractivity contribution is 0.0955. The van der Waals surface area contributed by atoms with Crippen LogP contribution in [0.15, 0.2) is 36.8 Å². The monoisotopic (exact) mass is 269 g/mol. The number of hydrogen-bond acceptors (Lipinski definition) is 3. The predicted molar refractivity (Wildman–Crippen MR) is 75.3 cm³/mol. The molecule has 0 spiro atoms. The van der Waals surface area contributed by atoms with Crippen molar-refractivity contribution in [3.05, 3.63) is 48.2 Å². The molecule has 0 radical (unpaired) electrons. The third-order valence-corrected chi connectivity index (χ3v) is 3.28. The maximum absolute atomic E-state index is 12.2. The standard InChI is InChI=1S/C14H15N5O/c1-19-9-17-18-13(19)6-8-16-14(20)11-3-2-4-12-10(11)5-7-15-12/h2-5,7,9,15H,6,8H2,1H3,(H,16,20). The Morgan fingerprint density at radius 1 is 1.40 bits per heavy atom. The van der Waals surface area contributed by atoms with Crippen molar-refractivity contribution in [2.24, 2.45) is 7.05 Å². The molecule has 0 aliphatic heterocycles. The van der Waals surface area contributed by atoms with E-state index in [-0.39, 0.29) is 5.91 Å². The molecule has 2 aromatic heterocycles. The molecular formula is C14H15N5O. The highest BCUT2D eigenvalue weighted by Gasteiger charge is 2.10. The van der Waals surface area contributed by atoms with Crippen LogP contribution in [0.3, 0.4) is 0 Å². The van der Waals surface area contributed by atoms with E-state index >= 15 is 0 Å². The first-order valence-corrected chi connectivity index (χ1v) is 6.43. The van der Waals surface area contributed by atoms with Gasteiger partial charge in [0.1, 0.15) is 12.2 Å². The van der Waals surface area contributed by atoms with E-state index in [4.69, 9.17) is 0 Å². The van der Waals surface area contributed by atoms with Crippen LogP contribution in [0.2, 0.25) is 0 Å². The van der Waals surface area contributed by atoms with Crippen molar-refractivity contribution in [3.8, 4) is 0 Å². The quantitative estimate of drug-likeness (QED) is 0.749. The molecule has 0 atom stereocenters. The molecule has 1 aromatic carbocycles. The van der Waals surface area contributed by atoms with Gasteiger partial charge in [-0.1, -0.05) is 6.07 Å². The van der Waals surface area contributed by atoms with Gasteiger partial charge < -0.3 is 14.9 Å². The van der Waals surface area contributed by atoms with E-state index in [0.29, 0.717) is 18.5 Å². The summed E-state index contributed by atoms with van der Waals surface area (Å²) >= 11 is 0. The smallest absolute Gasteiger partial charge is 0.251 e. The van der Waals surface area contributed by atoms with Crippen molar-refractivity contribution in [1.29, 1.82) is 0 Å². The number of amides is 1. The van der Waals surface area contributed by atoms with Crippen LogP contribution in [-0.4, -0.2) is 32.2 Å². The molecule has 6 nitrogen and oxygen atoms in total. The third-order valence-electron chi connectivity index (χ3n) is 3.28. The molecular weight excluding hydrogens is 254 g/mol. The predicted octanol–water partition coefficient (Wildman–Crippen LogP) is 1.27. The zero-order chi connectivity index (χ0) is 13.9. The van der Waals surface area contributed by atoms with E-state index in [0.717, 1.165) is 16.7 Å². The second-order valence-corrected chi connectivity index (χ2v) is 4.61. The number of fused-ring (bicyclic) bond motifs is 1. The topological polar surface area (TPSA) is 75.6 Å². The second-order valence-electron chi connectivity index (χ2n) is 4.61. The van der Waals surface area contributed by atoms with Gasteiger partial charge in [0.2, 0.25) is 0 Å². The Hall–Kier alpha value is -2.63. The molecule has 2 N–H and O–H groups in total. The molecule has 0 saturated carbocycles. The highest BCUT2D eigenvalue weighted by molar-refractivity contribution is 6.06. The summed E-state index contributed by atoms with van der Waals surface area (Å²) in [7, 11) is 1.89. The highest BCUT2D eigenvalue weighted by Crippen LogP contribution is 2.17. The van der Waals surface area contributed by atoms with Crippen LogP contribution in [0.25, 0.3) is 10.9 Å². The largest absolute Gasteiger partial charge is 0.361 e. The number of benzene rings is 1. The molecule has 1 amide bonds. The number of aryl methyl sites for hydroxylation is 1. The Balaban J connectivity index is 1.68. The number of nitrogens with zero attached hydrogens (tertiary/aromatic N) is 3. The minimum atomic E-state index is -0.0719. The summed E-state index contributed by atoms with van der Waals surface area (Å²) < 4.78 is 1.85. The molecule has 102 valence electrons. The van der Waals surface area contributed by atoms with Gasteiger partial charge in [-0.15, -0.1) is 10.2 Å². The van der Waals surface area contributed by atoms with E-state index < -0.39 is 0 Å². The Morgan fingerprint density at radius 3 is 3.10 bits per heavy atom. The average Bonchev–Trinajstić information content (AvgIpc) is 3.07. The minimum Gasteiger partial charge on any atom is -0.361 e. The van der Waals surface area contributed by atoms with E-state index in [1.165, 1.54) is 0 Å². The van der Waals surface area contributed by atoms with Crippen molar-refractivity contribution < 1.29 is 4.79 Å². The number of aromatic nitrogens is 4. The molecule has 0 unspecified atom stereocenters. The molecule has 0 aliphatic rings. The number of carbonyl (C=O) groups excluding carboxylic acids is 1. The Morgan fingerprint density at radius 2 is 2.30 bits per heavy atom. The molecule has 0 bridgehead atoms. The SMILES string of the molecule is Cn1cnnc1CCNC(=O)c1cccc2[nH]ccc12. The summed E-state index contributed by atoms with van der Waals surface area (Å²) in [4.78, 5) is 15.3. The van der Waals surface area contributed by atoms with Crippen molar-refractivity contribution in [2.75, 3.05) is 6.54 Å². The number of carbonyl (C=O) groups is 1. The van der Waals surface area contributed by atoms with Gasteiger partial charge in [-0.05, 0) is 18.2 Å². The number of nitrogens with one attached hydrogen (secondary N) is 2. The summed E-state index contributed by atoms with van der Waals surface area (Å²) in [6, 6.07) is 7.56. The maximum Gasteiger partial charge on any atom is 0.251 e. The van der Waals surface area contributed by atoms with Crippen LogP contribution >= 0.6 is 0 Å². The first kappa shape index (κ1) is 12.4. The molecule has 0 aliphatic carbocycles. The van der Waals surface area contributed by atoms with Crippen molar-refractivity contribution >= 4 is 16.8 Å². The zero-order valence-electron chi connectivity index (χ0n) is 11.1. The minimum absolute atomic E-state index is 0.0719. The lowest BCUT2D eigenvalue weighted by Crippen LogP contribution is -2.26. The number of aromatic amines is 1. The summed E-state index contributed by atoms with van der Waals surface area (Å²) in [6.45, 7) is 0.534. The molecule has 3 rings (SSSR count). The van der Waals surface area contributed by atoms with E-state index in [1.807, 2.05) is 42.1 Å². The fourth-order valence-corrected chi connectivity index (χ4v) is 2.20. The third kappa shape index (κ3) is 2.27. The first-order valence-electron chi connectivity index (χ1n) is 6.43. The molecule has 3 aromatic rings. The molecule has 0 saturated heterocycles. The van der Waals surface area contributed by atoms with Gasteiger partial charge in [0.25, 0.3) is 5.91 Å². The van der Waals surface area contributed by atoms with Gasteiger partial charge in [0.15, 0.2) is 0 Å². The van der Waals surface area contributed by atoms with Gasteiger partial charge in [-0.3, -0.25) is 4.79 Å². The molecule has 6 heteroatoms.